The van der Waals surface area contributed by atoms with Crippen LogP contribution in [0.25, 0.3) is 0 Å². The van der Waals surface area contributed by atoms with Gasteiger partial charge in [0.05, 0.1) is 25.2 Å². The number of nitrogens with one attached hydrogen (secondary N) is 1. The molecule has 18 heavy (non-hydrogen) atoms. The van der Waals surface area contributed by atoms with Crippen LogP contribution >= 0.6 is 0 Å². The van der Waals surface area contributed by atoms with E-state index in [9.17, 15) is 0 Å². The van der Waals surface area contributed by atoms with Crippen molar-refractivity contribution in [3.63, 3.8) is 0 Å². The fourth-order valence-corrected chi connectivity index (χ4v) is 2.59. The average Bonchev–Trinajstić information content (AvgIpc) is 3.09. The lowest BCUT2D eigenvalue weighted by Crippen LogP contribution is -2.31. The molecule has 0 saturated carbocycles. The summed E-state index contributed by atoms with van der Waals surface area (Å²) in [7, 11) is 1.93. The quantitative estimate of drug-likeness (QED) is 0.842. The van der Waals surface area contributed by atoms with E-state index in [4.69, 9.17) is 14.0 Å². The molecule has 1 N–H and O–H groups in total. The Bertz CT molecular complexity index is 390. The first kappa shape index (κ1) is 12.1. The van der Waals surface area contributed by atoms with Gasteiger partial charge >= 0.3 is 0 Å². The number of likely N-dealkylation sites (N-methyl/N-ethyl adjacent to an activating group) is 1. The predicted molar refractivity (Wildman–Crippen MR) is 63.4 cm³/mol. The third-order valence-electron chi connectivity index (χ3n) is 3.69. The topological polar surface area (TPSA) is 69.4 Å². The number of hydrogen-bond acceptors (Lipinski definition) is 6. The largest absolute Gasteiger partial charge is 0.379 e. The Kier molecular flexibility index (Phi) is 3.58. The summed E-state index contributed by atoms with van der Waals surface area (Å²) >= 11 is 0. The second kappa shape index (κ2) is 5.34. The maximum Gasteiger partial charge on any atom is 0.233 e. The predicted octanol–water partition coefficient (Wildman–Crippen LogP) is 0.493. The van der Waals surface area contributed by atoms with Crippen molar-refractivity contribution in [1.82, 2.24) is 15.5 Å². The van der Waals surface area contributed by atoms with Crippen molar-refractivity contribution < 1.29 is 14.0 Å². The molecule has 3 unspecified atom stereocenters. The van der Waals surface area contributed by atoms with Crippen LogP contribution in [0, 0.1) is 0 Å². The minimum atomic E-state index is 0.167. The summed E-state index contributed by atoms with van der Waals surface area (Å²) in [6, 6.07) is 0.265. The van der Waals surface area contributed by atoms with Gasteiger partial charge in [-0.2, -0.15) is 4.98 Å². The lowest BCUT2D eigenvalue weighted by atomic mass is 10.0. The van der Waals surface area contributed by atoms with E-state index in [1.165, 1.54) is 0 Å². The van der Waals surface area contributed by atoms with E-state index >= 15 is 0 Å². The SMILES string of the molecule is CNC1COCC1c1nc(CC2CCCO2)no1. The summed E-state index contributed by atoms with van der Waals surface area (Å²) < 4.78 is 16.4. The van der Waals surface area contributed by atoms with E-state index in [0.717, 1.165) is 31.7 Å². The monoisotopic (exact) mass is 253 g/mol. The zero-order chi connectivity index (χ0) is 12.4. The molecule has 0 bridgehead atoms. The highest BCUT2D eigenvalue weighted by atomic mass is 16.5. The minimum absolute atomic E-state index is 0.167. The lowest BCUT2D eigenvalue weighted by molar-refractivity contribution is 0.109. The molecule has 1 aromatic rings. The zero-order valence-corrected chi connectivity index (χ0v) is 10.6. The Morgan fingerprint density at radius 3 is 3.11 bits per heavy atom. The van der Waals surface area contributed by atoms with Crippen LogP contribution in [0.2, 0.25) is 0 Å². The van der Waals surface area contributed by atoms with Gasteiger partial charge in [0.2, 0.25) is 5.89 Å². The van der Waals surface area contributed by atoms with Crippen LogP contribution in [0.5, 0.6) is 0 Å². The lowest BCUT2D eigenvalue weighted by Gasteiger charge is -2.11. The molecule has 0 aromatic carbocycles. The van der Waals surface area contributed by atoms with Gasteiger partial charge in [0.25, 0.3) is 0 Å². The summed E-state index contributed by atoms with van der Waals surface area (Å²) in [4.78, 5) is 4.48. The van der Waals surface area contributed by atoms with E-state index in [2.05, 4.69) is 15.5 Å². The van der Waals surface area contributed by atoms with Crippen LogP contribution in [-0.2, 0) is 15.9 Å². The van der Waals surface area contributed by atoms with Crippen molar-refractivity contribution in [3.05, 3.63) is 11.7 Å². The first-order valence-corrected chi connectivity index (χ1v) is 6.56. The molecule has 100 valence electrons. The van der Waals surface area contributed by atoms with Crippen molar-refractivity contribution >= 4 is 0 Å². The molecule has 2 saturated heterocycles. The molecule has 6 nitrogen and oxygen atoms in total. The van der Waals surface area contributed by atoms with Gasteiger partial charge in [-0.05, 0) is 19.9 Å². The van der Waals surface area contributed by atoms with Crippen LogP contribution in [0.3, 0.4) is 0 Å². The smallest absolute Gasteiger partial charge is 0.233 e. The molecule has 0 aliphatic carbocycles. The van der Waals surface area contributed by atoms with Crippen LogP contribution in [-0.4, -0.2) is 49.2 Å². The molecule has 2 aliphatic rings. The maximum atomic E-state index is 5.58. The first-order chi connectivity index (χ1) is 8.86. The van der Waals surface area contributed by atoms with E-state index in [-0.39, 0.29) is 18.1 Å². The van der Waals surface area contributed by atoms with Gasteiger partial charge in [-0.25, -0.2) is 0 Å². The third-order valence-corrected chi connectivity index (χ3v) is 3.69. The van der Waals surface area contributed by atoms with Gasteiger partial charge in [0.15, 0.2) is 5.82 Å². The number of hydrogen-bond donors (Lipinski definition) is 1. The Morgan fingerprint density at radius 1 is 1.39 bits per heavy atom. The standard InChI is InChI=1S/C12H19N3O3/c1-13-10-7-16-6-9(10)12-14-11(15-18-12)5-8-3-2-4-17-8/h8-10,13H,2-7H2,1H3. The second-order valence-corrected chi connectivity index (χ2v) is 4.93. The van der Waals surface area contributed by atoms with Crippen molar-refractivity contribution in [2.75, 3.05) is 26.9 Å². The first-order valence-electron chi connectivity index (χ1n) is 6.56. The molecular formula is C12H19N3O3. The van der Waals surface area contributed by atoms with Crippen LogP contribution < -0.4 is 5.32 Å². The highest BCUT2D eigenvalue weighted by Gasteiger charge is 2.33. The van der Waals surface area contributed by atoms with E-state index < -0.39 is 0 Å². The number of rotatable bonds is 4. The molecule has 3 rings (SSSR count). The highest BCUT2D eigenvalue weighted by Crippen LogP contribution is 2.25. The van der Waals surface area contributed by atoms with Gasteiger partial charge in [-0.1, -0.05) is 5.16 Å². The molecule has 0 radical (unpaired) electrons. The van der Waals surface area contributed by atoms with E-state index in [1.807, 2.05) is 7.05 Å². The molecule has 0 spiro atoms. The van der Waals surface area contributed by atoms with Gasteiger partial charge in [0.1, 0.15) is 0 Å². The fraction of sp³-hybridized carbons (Fsp3) is 0.833. The molecule has 0 amide bonds. The second-order valence-electron chi connectivity index (χ2n) is 4.93. The fourth-order valence-electron chi connectivity index (χ4n) is 2.59. The number of nitrogens with zero attached hydrogens (tertiary/aromatic N) is 2. The summed E-state index contributed by atoms with van der Waals surface area (Å²) in [5, 5.41) is 7.26. The molecule has 2 fully saturated rings. The molecule has 2 aliphatic heterocycles. The number of ether oxygens (including phenoxy) is 2. The van der Waals surface area contributed by atoms with Crippen LogP contribution in [0.1, 0.15) is 30.5 Å². The third kappa shape index (κ3) is 2.41. The summed E-state index contributed by atoms with van der Waals surface area (Å²) in [6.07, 6.45) is 3.24. The number of aromatic nitrogens is 2. The van der Waals surface area contributed by atoms with Gasteiger partial charge < -0.3 is 19.3 Å². The van der Waals surface area contributed by atoms with Gasteiger partial charge in [0, 0.05) is 19.1 Å². The average molecular weight is 253 g/mol. The summed E-state index contributed by atoms with van der Waals surface area (Å²) in [5.41, 5.74) is 0. The molecular weight excluding hydrogens is 234 g/mol. The normalized spacial score (nSPS) is 32.2. The van der Waals surface area contributed by atoms with Crippen LogP contribution in [0.15, 0.2) is 4.52 Å². The minimum Gasteiger partial charge on any atom is -0.379 e. The molecule has 6 heteroatoms. The Morgan fingerprint density at radius 2 is 2.33 bits per heavy atom. The van der Waals surface area contributed by atoms with Gasteiger partial charge in [-0.15, -0.1) is 0 Å². The van der Waals surface area contributed by atoms with Crippen LogP contribution in [0.4, 0.5) is 0 Å². The van der Waals surface area contributed by atoms with Crippen molar-refractivity contribution in [3.8, 4) is 0 Å². The molecule has 1 aromatic heterocycles. The van der Waals surface area contributed by atoms with Crippen molar-refractivity contribution in [2.24, 2.45) is 0 Å². The Balaban J connectivity index is 1.65. The van der Waals surface area contributed by atoms with Crippen molar-refractivity contribution in [2.45, 2.75) is 37.3 Å². The zero-order valence-electron chi connectivity index (χ0n) is 10.6. The molecule has 3 heterocycles. The Hall–Kier alpha value is -0.980. The molecule has 3 atom stereocenters. The highest BCUT2D eigenvalue weighted by molar-refractivity contribution is 5.02. The summed E-state index contributed by atoms with van der Waals surface area (Å²) in [5.74, 6) is 1.60. The maximum absolute atomic E-state index is 5.58. The Labute approximate surface area is 106 Å². The van der Waals surface area contributed by atoms with E-state index in [1.54, 1.807) is 0 Å². The summed E-state index contributed by atoms with van der Waals surface area (Å²) in [6.45, 7) is 2.20. The van der Waals surface area contributed by atoms with Gasteiger partial charge in [-0.3, -0.25) is 0 Å². The van der Waals surface area contributed by atoms with E-state index in [0.29, 0.717) is 19.1 Å². The van der Waals surface area contributed by atoms with Crippen molar-refractivity contribution in [1.29, 1.82) is 0 Å².